The Hall–Kier alpha value is -5.74. The van der Waals surface area contributed by atoms with Gasteiger partial charge in [-0.1, -0.05) is 12.1 Å². The monoisotopic (exact) mass is 1320 g/mol. The van der Waals surface area contributed by atoms with E-state index in [1.165, 1.54) is 0 Å². The molecule has 8 N–H and O–H groups in total. The van der Waals surface area contributed by atoms with Crippen molar-refractivity contribution in [3.8, 4) is 0 Å². The average Bonchev–Trinajstić information content (AvgIpc) is 1.51. The number of piperidine rings is 4. The molecule has 0 bridgehead atoms. The zero-order chi connectivity index (χ0) is 70.6. The van der Waals surface area contributed by atoms with Crippen LogP contribution in [-0.4, -0.2) is 279 Å². The van der Waals surface area contributed by atoms with Gasteiger partial charge in [-0.2, -0.15) is 0 Å². The number of aliphatic hydroxyl groups is 4. The van der Waals surface area contributed by atoms with Crippen molar-refractivity contribution < 1.29 is 58.8 Å². The third kappa shape index (κ3) is 12.6. The molecule has 4 atom stereocenters. The lowest BCUT2D eigenvalue weighted by molar-refractivity contribution is -0.140. The van der Waals surface area contributed by atoms with Gasteiger partial charge in [0.1, 0.15) is 22.2 Å². The fourth-order valence-electron chi connectivity index (χ4n) is 18.9. The number of aliphatic hydroxyl groups excluding tert-OH is 4. The summed E-state index contributed by atoms with van der Waals surface area (Å²) < 4.78 is 0. The summed E-state index contributed by atoms with van der Waals surface area (Å²) in [6.45, 7) is 32.3. The molecule has 0 aromatic heterocycles. The number of nitrogens with one attached hydrogen (secondary N) is 4. The average molecular weight is 1320 g/mol. The zero-order valence-corrected chi connectivity index (χ0v) is 60.3. The van der Waals surface area contributed by atoms with Crippen molar-refractivity contribution in [1.29, 1.82) is 0 Å². The maximum absolute atomic E-state index is 14.8. The largest absolute Gasteiger partial charge is 0.389 e. The molecular formula is C68H112N14O12. The van der Waals surface area contributed by atoms with Gasteiger partial charge in [-0.3, -0.25) is 58.4 Å². The Kier molecular flexibility index (Phi) is 18.1. The molecule has 1 aromatic carbocycles. The zero-order valence-electron chi connectivity index (χ0n) is 60.3. The Balaban J connectivity index is 1.09. The minimum atomic E-state index is -1.52. The number of imide groups is 4. The first-order chi connectivity index (χ1) is 42.7. The molecule has 8 heterocycles. The van der Waals surface area contributed by atoms with Crippen LogP contribution in [0.25, 0.3) is 0 Å². The molecule has 4 unspecified atom stereocenters. The first kappa shape index (κ1) is 72.5. The lowest BCUT2D eigenvalue weighted by atomic mass is 9.69. The van der Waals surface area contributed by atoms with Crippen LogP contribution >= 0.6 is 0 Å². The van der Waals surface area contributed by atoms with E-state index in [9.17, 15) is 58.8 Å². The summed E-state index contributed by atoms with van der Waals surface area (Å²) >= 11 is 0. The van der Waals surface area contributed by atoms with Gasteiger partial charge < -0.3 is 51.5 Å². The highest BCUT2D eigenvalue weighted by atomic mass is 16.3. The van der Waals surface area contributed by atoms with Crippen LogP contribution in [0.15, 0.2) is 12.1 Å². The Morgan fingerprint density at radius 3 is 0.660 bits per heavy atom. The van der Waals surface area contributed by atoms with E-state index in [0.717, 1.165) is 19.6 Å². The van der Waals surface area contributed by atoms with Crippen molar-refractivity contribution in [2.24, 2.45) is 0 Å². The van der Waals surface area contributed by atoms with Crippen molar-refractivity contribution in [3.05, 3.63) is 23.3 Å². The standard InChI is InChI=1S/C68H112N14O12/c1-41-23-24-42(2)48(78(27-45(85)31-81-51(89)67(71-55(81)93)37-61(11,12)75(21)62(13,14)38-67)28-46(86)32-82-52(90)68(72-56(82)94)39-63(15,16)76(22)64(17,18)40-68)47(41)77(25-43(83)29-79-49(87)65(69-53(79)91)33-57(3,4)73(19)58(5,6)34-65)26-44(84)30-80-50(88)66(70-54(80)92)35-59(7,8)74(20)60(9,10)36-66/h23-24,43-46,83-86H,25-40H2,1-22H3,(H,69,91)(H,70,92)(H,71,93)(H,72,94). The Morgan fingerprint density at radius 1 is 0.340 bits per heavy atom. The number of carbonyl (C=O) groups is 8. The van der Waals surface area contributed by atoms with Gasteiger partial charge in [-0.15, -0.1) is 0 Å². The summed E-state index contributed by atoms with van der Waals surface area (Å²) in [5, 5.41) is 62.3. The molecule has 8 fully saturated rings. The lowest BCUT2D eigenvalue weighted by Gasteiger charge is -2.56. The normalized spacial score (nSPS) is 27.5. The second-order valence-electron chi connectivity index (χ2n) is 34.7. The fourth-order valence-corrected chi connectivity index (χ4v) is 18.9. The second-order valence-corrected chi connectivity index (χ2v) is 34.7. The summed E-state index contributed by atoms with van der Waals surface area (Å²) in [4.78, 5) is 132. The van der Waals surface area contributed by atoms with Crippen molar-refractivity contribution in [3.63, 3.8) is 0 Å². The summed E-state index contributed by atoms with van der Waals surface area (Å²) in [6.07, 6.45) is -3.74. The van der Waals surface area contributed by atoms with Gasteiger partial charge in [0.2, 0.25) is 0 Å². The van der Waals surface area contributed by atoms with E-state index >= 15 is 0 Å². The quantitative estimate of drug-likeness (QED) is 0.0973. The van der Waals surface area contributed by atoms with E-state index in [0.29, 0.717) is 73.9 Å². The van der Waals surface area contributed by atoms with Crippen LogP contribution in [0, 0.1) is 13.8 Å². The van der Waals surface area contributed by atoms with E-state index in [1.807, 2.05) is 139 Å². The number of carbonyl (C=O) groups excluding carboxylic acids is 8. The Bertz CT molecular complexity index is 2790. The fraction of sp³-hybridized carbons (Fsp3) is 0.794. The third-order valence-corrected chi connectivity index (χ3v) is 23.6. The number of anilines is 2. The highest BCUT2D eigenvalue weighted by Crippen LogP contribution is 2.50. The van der Waals surface area contributed by atoms with E-state index in [1.54, 1.807) is 35.8 Å². The minimum absolute atomic E-state index is 0.293. The molecule has 8 saturated heterocycles. The molecule has 4 spiro atoms. The van der Waals surface area contributed by atoms with Crippen molar-refractivity contribution in [2.45, 2.75) is 267 Å². The van der Waals surface area contributed by atoms with Gasteiger partial charge in [-0.05, 0) is 215 Å². The lowest BCUT2D eigenvalue weighted by Crippen LogP contribution is -2.68. The molecule has 8 aliphatic heterocycles. The van der Waals surface area contributed by atoms with Gasteiger partial charge in [0.25, 0.3) is 23.6 Å². The molecule has 9 rings (SSSR count). The minimum Gasteiger partial charge on any atom is -0.389 e. The van der Waals surface area contributed by atoms with Crippen molar-refractivity contribution in [2.75, 3.05) is 90.3 Å². The summed E-state index contributed by atoms with van der Waals surface area (Å²) in [7, 11) is 7.95. The molecule has 94 heavy (non-hydrogen) atoms. The van der Waals surface area contributed by atoms with E-state index < -0.39 is 165 Å². The molecule has 0 radical (unpaired) electrons. The van der Waals surface area contributed by atoms with E-state index in [2.05, 4.69) is 40.9 Å². The number of rotatable bonds is 18. The van der Waals surface area contributed by atoms with Gasteiger partial charge in [0.15, 0.2) is 0 Å². The third-order valence-electron chi connectivity index (χ3n) is 23.6. The number of β-amino-alcohol motifs (C(OH)–C–C–N with tert-alkyl or cyclic N) is 4. The van der Waals surface area contributed by atoms with Crippen molar-refractivity contribution in [1.82, 2.24) is 60.5 Å². The van der Waals surface area contributed by atoms with Crippen molar-refractivity contribution >= 4 is 59.1 Å². The Morgan fingerprint density at radius 2 is 0.500 bits per heavy atom. The molecular weight excluding hydrogens is 1200 g/mol. The summed E-state index contributed by atoms with van der Waals surface area (Å²) in [5.74, 6) is -1.98. The number of amides is 12. The number of hydrogen-bond donors (Lipinski definition) is 8. The molecule has 0 aliphatic carbocycles. The first-order valence-corrected chi connectivity index (χ1v) is 33.6. The molecule has 12 amide bonds. The van der Waals surface area contributed by atoms with E-state index in [4.69, 9.17) is 0 Å². The smallest absolute Gasteiger partial charge is 0.325 e. The van der Waals surface area contributed by atoms with Gasteiger partial charge in [-0.25, -0.2) is 19.2 Å². The van der Waals surface area contributed by atoms with Crippen LogP contribution in [0.1, 0.15) is 173 Å². The van der Waals surface area contributed by atoms with Crippen LogP contribution in [0.2, 0.25) is 0 Å². The first-order valence-electron chi connectivity index (χ1n) is 33.6. The SMILES string of the molecule is Cc1ccc(C)c(N(CC(O)CN2C(=O)NC3(CC(C)(C)N(C)C(C)(C)C3)C2=O)CC(O)CN2C(=O)NC3(CC(C)(C)N(C)C(C)(C)C3)C2=O)c1N(CC(O)CN1C(=O)NC2(CC(C)(C)N(C)C(C)(C)C2)C1=O)CC(O)CN1C(=O)NC2(CC(C)(C)N(C)C(C)(C)C2)C1=O. The number of nitrogens with zero attached hydrogens (tertiary/aromatic N) is 10. The van der Waals surface area contributed by atoms with Gasteiger partial charge >= 0.3 is 24.1 Å². The van der Waals surface area contributed by atoms with Crippen LogP contribution < -0.4 is 31.1 Å². The maximum atomic E-state index is 14.8. The van der Waals surface area contributed by atoms with Crippen LogP contribution in [0.4, 0.5) is 30.6 Å². The van der Waals surface area contributed by atoms with Crippen LogP contribution in [0.5, 0.6) is 0 Å². The molecule has 26 nitrogen and oxygen atoms in total. The van der Waals surface area contributed by atoms with E-state index in [-0.39, 0.29) is 26.2 Å². The number of aryl methyl sites for hydroxylation is 2. The number of benzene rings is 1. The molecule has 1 aromatic rings. The number of hydrogen-bond acceptors (Lipinski definition) is 18. The predicted molar refractivity (Wildman–Crippen MR) is 357 cm³/mol. The molecule has 0 saturated carbocycles. The van der Waals surface area contributed by atoms with Gasteiger partial charge in [0.05, 0.1) is 62.0 Å². The molecule has 526 valence electrons. The highest BCUT2D eigenvalue weighted by Gasteiger charge is 2.65. The van der Waals surface area contributed by atoms with Gasteiger partial charge in [0, 0.05) is 70.5 Å². The van der Waals surface area contributed by atoms with Crippen LogP contribution in [-0.2, 0) is 19.2 Å². The topological polar surface area (TPSA) is 298 Å². The highest BCUT2D eigenvalue weighted by molar-refractivity contribution is 6.09. The Labute approximate surface area is 556 Å². The number of urea groups is 4. The molecule has 26 heteroatoms. The number of likely N-dealkylation sites (tertiary alicyclic amines) is 4. The second kappa shape index (κ2) is 23.5. The van der Waals surface area contributed by atoms with Crippen LogP contribution in [0.3, 0.4) is 0 Å². The molecule has 8 aliphatic rings. The predicted octanol–water partition coefficient (Wildman–Crippen LogP) is 3.65. The maximum Gasteiger partial charge on any atom is 0.325 e. The summed E-state index contributed by atoms with van der Waals surface area (Å²) in [6, 6.07) is 0.878. The summed E-state index contributed by atoms with van der Waals surface area (Å²) in [5.41, 5.74) is -7.59.